The van der Waals surface area contributed by atoms with Crippen molar-refractivity contribution in [1.82, 2.24) is 20.8 Å². The summed E-state index contributed by atoms with van der Waals surface area (Å²) in [5.41, 5.74) is 2.57. The van der Waals surface area contributed by atoms with Gasteiger partial charge in [-0.3, -0.25) is 9.63 Å². The number of hydrogen-bond donors (Lipinski definition) is 4. The highest BCUT2D eigenvalue weighted by Crippen LogP contribution is 2.30. The minimum Gasteiger partial charge on any atom is -0.477 e. The maximum Gasteiger partial charge on any atom is 0.490 e. The van der Waals surface area contributed by atoms with Crippen molar-refractivity contribution in [2.45, 2.75) is 49.9 Å². The van der Waals surface area contributed by atoms with E-state index in [1.807, 2.05) is 0 Å². The van der Waals surface area contributed by atoms with E-state index >= 15 is 0 Å². The Bertz CT molecular complexity index is 885. The molecule has 12 nitrogen and oxygen atoms in total. The number of halogens is 6. The number of carbonyl (C=O) groups is 4. The number of nitrogens with zero attached hydrogens (tertiary/aromatic N) is 2. The molecule has 3 aliphatic heterocycles. The summed E-state index contributed by atoms with van der Waals surface area (Å²) in [6.45, 7) is 0.885. The van der Waals surface area contributed by atoms with Crippen LogP contribution in [0.5, 0.6) is 0 Å². The van der Waals surface area contributed by atoms with Crippen LogP contribution in [-0.2, 0) is 24.1 Å². The summed E-state index contributed by atoms with van der Waals surface area (Å²) in [7, 11) is 0. The monoisotopic (exact) mass is 522 g/mol. The zero-order valence-corrected chi connectivity index (χ0v) is 17.7. The van der Waals surface area contributed by atoms with Crippen molar-refractivity contribution < 1.29 is 65.4 Å². The average molecular weight is 522 g/mol. The van der Waals surface area contributed by atoms with Gasteiger partial charge in [-0.1, -0.05) is 6.08 Å². The Morgan fingerprint density at radius 3 is 2.40 bits per heavy atom. The van der Waals surface area contributed by atoms with Crippen LogP contribution in [-0.4, -0.2) is 100 Å². The first kappa shape index (κ1) is 28.1. The highest BCUT2D eigenvalue weighted by atomic mass is 19.4. The fourth-order valence-electron chi connectivity index (χ4n) is 3.40. The molecule has 35 heavy (non-hydrogen) atoms. The fourth-order valence-corrected chi connectivity index (χ4v) is 3.40. The second-order valence-electron chi connectivity index (χ2n) is 7.62. The summed E-state index contributed by atoms with van der Waals surface area (Å²) >= 11 is 0. The lowest BCUT2D eigenvalue weighted by atomic mass is 10.0. The largest absolute Gasteiger partial charge is 0.490 e. The predicted molar refractivity (Wildman–Crippen MR) is 98.0 cm³/mol. The first-order chi connectivity index (χ1) is 16.0. The molecule has 2 saturated heterocycles. The molecule has 2 fully saturated rings. The lowest BCUT2D eigenvalue weighted by molar-refractivity contribution is -0.219. The maximum atomic E-state index is 13.3. The molecule has 0 saturated carbocycles. The van der Waals surface area contributed by atoms with Crippen LogP contribution in [0.15, 0.2) is 11.6 Å². The van der Waals surface area contributed by atoms with Crippen molar-refractivity contribution in [2.24, 2.45) is 0 Å². The molecule has 3 aliphatic rings. The average Bonchev–Trinajstić information content (AvgIpc) is 3.19. The number of carboxylic acids is 2. The SMILES string of the molecule is CC1=C[C@@H]2CN(C(=O)N2OC(F)C(=O)O)[C@@H]1C(=O)NOC[C@@H]1CC(F)(F)CN1.O=C(O)C(F)(F)F. The van der Waals surface area contributed by atoms with Crippen LogP contribution in [0.1, 0.15) is 13.3 Å². The number of carboxylic acid groups (broad SMARTS) is 2. The molecule has 0 spiro atoms. The first-order valence-corrected chi connectivity index (χ1v) is 9.68. The molecule has 0 aliphatic carbocycles. The minimum atomic E-state index is -5.08. The number of fused-ring (bicyclic) bond motifs is 2. The van der Waals surface area contributed by atoms with Gasteiger partial charge in [0.25, 0.3) is 11.8 Å². The highest BCUT2D eigenvalue weighted by Gasteiger charge is 2.49. The van der Waals surface area contributed by atoms with Crippen LogP contribution in [0.3, 0.4) is 0 Å². The molecule has 0 aromatic rings. The van der Waals surface area contributed by atoms with E-state index in [1.54, 1.807) is 6.92 Å². The first-order valence-electron chi connectivity index (χ1n) is 9.68. The second kappa shape index (κ2) is 10.6. The molecule has 0 aromatic heterocycles. The van der Waals surface area contributed by atoms with Crippen molar-refractivity contribution >= 4 is 23.9 Å². The Morgan fingerprint density at radius 1 is 1.31 bits per heavy atom. The van der Waals surface area contributed by atoms with Gasteiger partial charge in [-0.05, 0) is 12.5 Å². The molecule has 4 N–H and O–H groups in total. The number of aliphatic carboxylic acids is 2. The normalized spacial score (nSPS) is 26.0. The molecule has 3 heterocycles. The van der Waals surface area contributed by atoms with Crippen molar-refractivity contribution in [3.05, 3.63) is 11.6 Å². The molecule has 4 atom stereocenters. The second-order valence-corrected chi connectivity index (χ2v) is 7.62. The van der Waals surface area contributed by atoms with E-state index in [-0.39, 0.29) is 13.2 Å². The van der Waals surface area contributed by atoms with Gasteiger partial charge in [0.1, 0.15) is 6.04 Å². The van der Waals surface area contributed by atoms with Gasteiger partial charge in [0, 0.05) is 12.5 Å². The van der Waals surface area contributed by atoms with Gasteiger partial charge < -0.3 is 20.4 Å². The number of hydroxylamine groups is 3. The quantitative estimate of drug-likeness (QED) is 0.211. The summed E-state index contributed by atoms with van der Waals surface area (Å²) in [5, 5.41) is 18.8. The van der Waals surface area contributed by atoms with Gasteiger partial charge in [-0.2, -0.15) is 18.2 Å². The van der Waals surface area contributed by atoms with E-state index in [1.165, 1.54) is 6.08 Å². The summed E-state index contributed by atoms with van der Waals surface area (Å²) in [6.07, 6.45) is -6.75. The van der Waals surface area contributed by atoms with E-state index < -0.39 is 73.4 Å². The molecule has 2 bridgehead atoms. The third-order valence-electron chi connectivity index (χ3n) is 4.86. The van der Waals surface area contributed by atoms with Crippen molar-refractivity contribution in [3.8, 4) is 0 Å². The standard InChI is InChI=1S/C15H19F3N4O6.C2HF3O2/c1-7-2-9-4-21(14(26)22(9)28-11(16)13(24)25)10(7)12(23)20-27-5-8-3-15(17,18)6-19-8;3-2(4,5)1(6)7/h2,8-11,19H,3-6H2,1H3,(H,20,23)(H,24,25);(H,6,7)/t8-,9+,10-,11?;/m0./s1. The lowest BCUT2D eigenvalue weighted by Gasteiger charge is -2.28. The van der Waals surface area contributed by atoms with Gasteiger partial charge in [0.05, 0.1) is 25.7 Å². The predicted octanol–water partition coefficient (Wildman–Crippen LogP) is 0.411. The molecular weight excluding hydrogens is 502 g/mol. The maximum absolute atomic E-state index is 13.3. The Balaban J connectivity index is 0.000000540. The number of hydrogen-bond acceptors (Lipinski definition) is 7. The number of rotatable bonds is 7. The van der Waals surface area contributed by atoms with E-state index in [4.69, 9.17) is 19.8 Å². The summed E-state index contributed by atoms with van der Waals surface area (Å²) in [6, 6.07) is -3.34. The van der Waals surface area contributed by atoms with Crippen LogP contribution in [0.2, 0.25) is 0 Å². The third-order valence-corrected chi connectivity index (χ3v) is 4.86. The van der Waals surface area contributed by atoms with E-state index in [0.29, 0.717) is 10.6 Å². The number of nitrogens with one attached hydrogen (secondary N) is 2. The van der Waals surface area contributed by atoms with Crippen molar-refractivity contribution in [1.29, 1.82) is 0 Å². The van der Waals surface area contributed by atoms with Crippen LogP contribution in [0.25, 0.3) is 0 Å². The summed E-state index contributed by atoms with van der Waals surface area (Å²) < 4.78 is 71.3. The minimum absolute atomic E-state index is 0.0169. The van der Waals surface area contributed by atoms with E-state index in [9.17, 15) is 40.7 Å². The summed E-state index contributed by atoms with van der Waals surface area (Å²) in [5.74, 6) is -8.20. The van der Waals surface area contributed by atoms with Crippen LogP contribution < -0.4 is 10.8 Å². The van der Waals surface area contributed by atoms with Crippen LogP contribution in [0, 0.1) is 0 Å². The lowest BCUT2D eigenvalue weighted by Crippen LogP contribution is -2.50. The Hall–Kier alpha value is -3.12. The Kier molecular flexibility index (Phi) is 8.56. The van der Waals surface area contributed by atoms with E-state index in [2.05, 4.69) is 15.6 Å². The van der Waals surface area contributed by atoms with E-state index in [0.717, 1.165) is 4.90 Å². The zero-order valence-electron chi connectivity index (χ0n) is 17.7. The zero-order chi connectivity index (χ0) is 26.7. The molecule has 18 heteroatoms. The molecule has 0 aromatic carbocycles. The molecule has 3 rings (SSSR count). The summed E-state index contributed by atoms with van der Waals surface area (Å²) in [4.78, 5) is 54.9. The molecule has 198 valence electrons. The van der Waals surface area contributed by atoms with Gasteiger partial charge >= 0.3 is 30.5 Å². The Morgan fingerprint density at radius 2 is 1.91 bits per heavy atom. The molecule has 1 unspecified atom stereocenters. The number of carbonyl (C=O) groups excluding carboxylic acids is 2. The third kappa shape index (κ3) is 7.18. The highest BCUT2D eigenvalue weighted by molar-refractivity contribution is 5.91. The smallest absolute Gasteiger partial charge is 0.477 e. The molecular formula is C17H20F6N4O8. The topological polar surface area (TPSA) is 158 Å². The van der Waals surface area contributed by atoms with Crippen LogP contribution >= 0.6 is 0 Å². The van der Waals surface area contributed by atoms with Gasteiger partial charge in [0.2, 0.25) is 0 Å². The number of urea groups is 1. The van der Waals surface area contributed by atoms with Gasteiger partial charge in [-0.15, -0.1) is 0 Å². The van der Waals surface area contributed by atoms with Gasteiger partial charge in [0.15, 0.2) is 0 Å². The number of alkyl halides is 6. The Labute approximate surface area is 192 Å². The molecule has 0 radical (unpaired) electrons. The van der Waals surface area contributed by atoms with Crippen LogP contribution in [0.4, 0.5) is 31.1 Å². The molecule has 3 amide bonds. The number of amides is 3. The van der Waals surface area contributed by atoms with Crippen molar-refractivity contribution in [3.63, 3.8) is 0 Å². The fraction of sp³-hybridized carbons (Fsp3) is 0.647. The van der Waals surface area contributed by atoms with Crippen molar-refractivity contribution in [2.75, 3.05) is 19.7 Å². The van der Waals surface area contributed by atoms with Gasteiger partial charge in [-0.25, -0.2) is 37.9 Å².